The molecule has 0 fully saturated rings. The first-order valence-corrected chi connectivity index (χ1v) is 6.68. The van der Waals surface area contributed by atoms with Crippen molar-refractivity contribution < 1.29 is 19.1 Å². The molecule has 2 aromatic heterocycles. The minimum Gasteiger partial charge on any atom is -0.466 e. The molecule has 2 rings (SSSR count). The fourth-order valence-electron chi connectivity index (χ4n) is 1.99. The molecule has 0 aliphatic carbocycles. The lowest BCUT2D eigenvalue weighted by atomic mass is 10.2. The van der Waals surface area contributed by atoms with Crippen LogP contribution in [0.5, 0.6) is 0 Å². The second-order valence-electron chi connectivity index (χ2n) is 4.67. The maximum absolute atomic E-state index is 11.0. The summed E-state index contributed by atoms with van der Waals surface area (Å²) in [6.45, 7) is 2.98. The molecule has 9 nitrogen and oxygen atoms in total. The molecule has 0 saturated carbocycles. The van der Waals surface area contributed by atoms with Crippen molar-refractivity contribution in [1.82, 2.24) is 19.5 Å². The Morgan fingerprint density at radius 3 is 2.64 bits per heavy atom. The molecule has 9 heteroatoms. The Hall–Kier alpha value is -2.71. The normalized spacial score (nSPS) is 12.1. The summed E-state index contributed by atoms with van der Waals surface area (Å²) in [5, 5.41) is 0. The first-order valence-electron chi connectivity index (χ1n) is 6.68. The molecule has 0 radical (unpaired) electrons. The van der Waals surface area contributed by atoms with Crippen LogP contribution < -0.4 is 5.73 Å². The van der Waals surface area contributed by atoms with Crippen molar-refractivity contribution in [2.75, 3.05) is 18.9 Å². The van der Waals surface area contributed by atoms with Gasteiger partial charge in [0.05, 0.1) is 19.0 Å². The van der Waals surface area contributed by atoms with Gasteiger partial charge in [-0.25, -0.2) is 15.0 Å². The molecule has 0 bridgehead atoms. The lowest BCUT2D eigenvalue weighted by molar-refractivity contribution is -0.144. The maximum Gasteiger partial charge on any atom is 0.302 e. The topological polar surface area (TPSA) is 122 Å². The molecule has 118 valence electrons. The van der Waals surface area contributed by atoms with E-state index < -0.39 is 5.97 Å². The first kappa shape index (κ1) is 15.7. The smallest absolute Gasteiger partial charge is 0.302 e. The summed E-state index contributed by atoms with van der Waals surface area (Å²) in [5.74, 6) is -0.487. The van der Waals surface area contributed by atoms with Crippen LogP contribution in [0.4, 0.5) is 5.82 Å². The van der Waals surface area contributed by atoms with E-state index in [9.17, 15) is 9.59 Å². The van der Waals surface area contributed by atoms with E-state index in [1.54, 1.807) is 10.9 Å². The summed E-state index contributed by atoms with van der Waals surface area (Å²) in [4.78, 5) is 34.1. The molecule has 0 aliphatic heterocycles. The Balaban J connectivity index is 2.23. The largest absolute Gasteiger partial charge is 0.466 e. The van der Waals surface area contributed by atoms with Crippen LogP contribution in [0.25, 0.3) is 11.2 Å². The van der Waals surface area contributed by atoms with E-state index in [4.69, 9.17) is 15.2 Å². The van der Waals surface area contributed by atoms with Gasteiger partial charge in [-0.3, -0.25) is 9.59 Å². The lowest BCUT2D eigenvalue weighted by Gasteiger charge is -2.18. The Labute approximate surface area is 126 Å². The minimum absolute atomic E-state index is 0.117. The number of nitrogen functional groups attached to an aromatic ring is 1. The molecule has 2 heterocycles. The predicted molar refractivity (Wildman–Crippen MR) is 76.7 cm³/mol. The number of hydrogen-bond donors (Lipinski definition) is 1. The van der Waals surface area contributed by atoms with Gasteiger partial charge >= 0.3 is 11.9 Å². The highest BCUT2D eigenvalue weighted by Gasteiger charge is 2.18. The van der Waals surface area contributed by atoms with Crippen LogP contribution in [0.15, 0.2) is 12.7 Å². The number of fused-ring (bicyclic) bond motifs is 1. The maximum atomic E-state index is 11.0. The van der Waals surface area contributed by atoms with E-state index in [1.165, 1.54) is 20.2 Å². The molecular formula is C13H17N5O4. The van der Waals surface area contributed by atoms with Gasteiger partial charge in [-0.1, -0.05) is 0 Å². The first-order chi connectivity index (χ1) is 10.5. The Morgan fingerprint density at radius 1 is 1.23 bits per heavy atom. The van der Waals surface area contributed by atoms with Crippen LogP contribution >= 0.6 is 0 Å². The zero-order valence-corrected chi connectivity index (χ0v) is 12.4. The van der Waals surface area contributed by atoms with Gasteiger partial charge in [0.15, 0.2) is 11.5 Å². The Kier molecular flexibility index (Phi) is 4.87. The molecule has 2 aromatic rings. The van der Waals surface area contributed by atoms with Crippen molar-refractivity contribution in [1.29, 1.82) is 0 Å². The van der Waals surface area contributed by atoms with Crippen LogP contribution in [0.1, 0.15) is 26.3 Å². The number of nitrogens with zero attached hydrogens (tertiary/aromatic N) is 4. The van der Waals surface area contributed by atoms with Gasteiger partial charge in [-0.15, -0.1) is 0 Å². The SMILES string of the molecule is CC(=O)OCCC(COC(C)=O)n1cnc2c(N)ncnc21. The highest BCUT2D eigenvalue weighted by molar-refractivity contribution is 5.81. The summed E-state index contributed by atoms with van der Waals surface area (Å²) in [7, 11) is 0. The van der Waals surface area contributed by atoms with Crippen LogP contribution in [0.3, 0.4) is 0 Å². The highest BCUT2D eigenvalue weighted by Crippen LogP contribution is 2.21. The van der Waals surface area contributed by atoms with Crippen molar-refractivity contribution >= 4 is 28.9 Å². The summed E-state index contributed by atoms with van der Waals surface area (Å²) in [6, 6.07) is -0.275. The second-order valence-corrected chi connectivity index (χ2v) is 4.67. The number of anilines is 1. The fraction of sp³-hybridized carbons (Fsp3) is 0.462. The van der Waals surface area contributed by atoms with Crippen molar-refractivity contribution in [2.24, 2.45) is 0 Å². The number of nitrogens with two attached hydrogens (primary N) is 1. The average molecular weight is 307 g/mol. The van der Waals surface area contributed by atoms with Crippen LogP contribution in [0.2, 0.25) is 0 Å². The van der Waals surface area contributed by atoms with E-state index >= 15 is 0 Å². The van der Waals surface area contributed by atoms with E-state index in [-0.39, 0.29) is 31.0 Å². The summed E-state index contributed by atoms with van der Waals surface area (Å²) in [5.41, 5.74) is 6.76. The van der Waals surface area contributed by atoms with E-state index in [0.29, 0.717) is 17.6 Å². The van der Waals surface area contributed by atoms with Gasteiger partial charge in [-0.05, 0) is 0 Å². The van der Waals surface area contributed by atoms with Crippen LogP contribution in [-0.2, 0) is 19.1 Å². The number of carbonyl (C=O) groups is 2. The molecular weight excluding hydrogens is 290 g/mol. The molecule has 1 unspecified atom stereocenters. The van der Waals surface area contributed by atoms with E-state index in [1.807, 2.05) is 0 Å². The van der Waals surface area contributed by atoms with Crippen molar-refractivity contribution in [3.05, 3.63) is 12.7 Å². The standard InChI is InChI=1S/C13H17N5O4/c1-8(19)21-4-3-10(5-22-9(2)20)18-7-17-11-12(14)15-6-16-13(11)18/h6-7,10H,3-5H2,1-2H3,(H2,14,15,16). The minimum atomic E-state index is -0.393. The van der Waals surface area contributed by atoms with Gasteiger partial charge in [0.1, 0.15) is 18.5 Å². The Bertz CT molecular complexity index is 684. The van der Waals surface area contributed by atoms with Crippen molar-refractivity contribution in [2.45, 2.75) is 26.3 Å². The zero-order valence-electron chi connectivity index (χ0n) is 12.4. The molecule has 0 spiro atoms. The van der Waals surface area contributed by atoms with Gasteiger partial charge in [0.2, 0.25) is 0 Å². The quantitative estimate of drug-likeness (QED) is 0.764. The van der Waals surface area contributed by atoms with Crippen LogP contribution in [-0.4, -0.2) is 44.7 Å². The summed E-state index contributed by atoms with van der Waals surface area (Å²) >= 11 is 0. The molecule has 0 aliphatic rings. The van der Waals surface area contributed by atoms with Crippen molar-refractivity contribution in [3.8, 4) is 0 Å². The number of ether oxygens (including phenoxy) is 2. The molecule has 0 aromatic carbocycles. The second kappa shape index (κ2) is 6.83. The third kappa shape index (κ3) is 3.68. The third-order valence-corrected chi connectivity index (χ3v) is 3.02. The number of rotatable bonds is 6. The van der Waals surface area contributed by atoms with E-state index in [2.05, 4.69) is 15.0 Å². The fourth-order valence-corrected chi connectivity index (χ4v) is 1.99. The highest BCUT2D eigenvalue weighted by atomic mass is 16.5. The van der Waals surface area contributed by atoms with Crippen molar-refractivity contribution in [3.63, 3.8) is 0 Å². The number of carbonyl (C=O) groups excluding carboxylic acids is 2. The molecule has 1 atom stereocenters. The average Bonchev–Trinajstić information content (AvgIpc) is 2.87. The van der Waals surface area contributed by atoms with Gasteiger partial charge < -0.3 is 19.8 Å². The summed E-state index contributed by atoms with van der Waals surface area (Å²) < 4.78 is 11.7. The monoisotopic (exact) mass is 307 g/mol. The van der Waals surface area contributed by atoms with Gasteiger partial charge in [-0.2, -0.15) is 0 Å². The molecule has 0 saturated heterocycles. The van der Waals surface area contributed by atoms with Gasteiger partial charge in [0, 0.05) is 20.3 Å². The number of imidazole rings is 1. The Morgan fingerprint density at radius 2 is 1.95 bits per heavy atom. The number of aromatic nitrogens is 4. The molecule has 2 N–H and O–H groups in total. The lowest BCUT2D eigenvalue weighted by Crippen LogP contribution is -2.19. The molecule has 22 heavy (non-hydrogen) atoms. The molecule has 0 amide bonds. The van der Waals surface area contributed by atoms with Crippen LogP contribution in [0, 0.1) is 0 Å². The third-order valence-electron chi connectivity index (χ3n) is 3.02. The van der Waals surface area contributed by atoms with Gasteiger partial charge in [0.25, 0.3) is 0 Å². The number of hydrogen-bond acceptors (Lipinski definition) is 8. The zero-order chi connectivity index (χ0) is 16.1. The van der Waals surface area contributed by atoms with E-state index in [0.717, 1.165) is 0 Å². The number of esters is 2. The predicted octanol–water partition coefficient (Wildman–Crippen LogP) is 0.466. The summed E-state index contributed by atoms with van der Waals surface area (Å²) in [6.07, 6.45) is 3.34.